The van der Waals surface area contributed by atoms with Crippen molar-refractivity contribution < 1.29 is 11.0 Å². The van der Waals surface area contributed by atoms with E-state index in [2.05, 4.69) is 30.3 Å². The van der Waals surface area contributed by atoms with Gasteiger partial charge in [0.15, 0.2) is 0 Å². The second-order valence-corrected chi connectivity index (χ2v) is 5.75. The standard InChI is InChI=1S/C13H19N.C3H9N.2H2O/c14-11-13(9-5-2-6-10-13)12-7-3-1-4-8-12;1-4(2)3;;/h1,3-4,7-8H,2,5-6,9-11,14H2;1-3H3;2*1H2. The van der Waals surface area contributed by atoms with Crippen LogP contribution < -0.4 is 5.73 Å². The molecule has 1 aliphatic carbocycles. The number of nitrogens with two attached hydrogens (primary N) is 1. The summed E-state index contributed by atoms with van der Waals surface area (Å²) in [7, 11) is 6.00. The summed E-state index contributed by atoms with van der Waals surface area (Å²) >= 11 is 0. The van der Waals surface area contributed by atoms with Gasteiger partial charge in [0.2, 0.25) is 0 Å². The Morgan fingerprint density at radius 1 is 0.950 bits per heavy atom. The van der Waals surface area contributed by atoms with Crippen molar-refractivity contribution >= 4 is 0 Å². The SMILES string of the molecule is CN(C)C.NCC1(c2ccccc2)CCCCC1.O.O. The summed E-state index contributed by atoms with van der Waals surface area (Å²) in [5, 5.41) is 0. The molecule has 0 aliphatic heterocycles. The topological polar surface area (TPSA) is 92.3 Å². The van der Waals surface area contributed by atoms with Crippen LogP contribution in [0.25, 0.3) is 0 Å². The molecular formula is C16H32N2O2. The van der Waals surface area contributed by atoms with E-state index in [0.717, 1.165) is 6.54 Å². The summed E-state index contributed by atoms with van der Waals surface area (Å²) in [4.78, 5) is 2.00. The summed E-state index contributed by atoms with van der Waals surface area (Å²) in [6.07, 6.45) is 6.60. The predicted molar refractivity (Wildman–Crippen MR) is 87.1 cm³/mol. The average Bonchev–Trinajstić information content (AvgIpc) is 2.40. The van der Waals surface area contributed by atoms with E-state index in [4.69, 9.17) is 5.73 Å². The fraction of sp³-hybridized carbons (Fsp3) is 0.625. The molecule has 0 amide bonds. The van der Waals surface area contributed by atoms with Crippen molar-refractivity contribution in [1.29, 1.82) is 0 Å². The Morgan fingerprint density at radius 3 is 1.80 bits per heavy atom. The Labute approximate surface area is 123 Å². The van der Waals surface area contributed by atoms with E-state index in [1.54, 1.807) is 0 Å². The van der Waals surface area contributed by atoms with E-state index >= 15 is 0 Å². The molecule has 0 heterocycles. The van der Waals surface area contributed by atoms with Crippen LogP contribution >= 0.6 is 0 Å². The van der Waals surface area contributed by atoms with Crippen LogP contribution in [0, 0.1) is 0 Å². The molecule has 0 bridgehead atoms. The zero-order valence-corrected chi connectivity index (χ0v) is 13.2. The van der Waals surface area contributed by atoms with Crippen LogP contribution in [0.5, 0.6) is 0 Å². The van der Waals surface area contributed by atoms with Gasteiger partial charge >= 0.3 is 0 Å². The highest BCUT2D eigenvalue weighted by Gasteiger charge is 2.31. The number of hydrogen-bond acceptors (Lipinski definition) is 2. The van der Waals surface area contributed by atoms with Crippen LogP contribution in [0.3, 0.4) is 0 Å². The summed E-state index contributed by atoms with van der Waals surface area (Å²) in [5.74, 6) is 0. The van der Waals surface area contributed by atoms with Gasteiger partial charge in [0, 0.05) is 12.0 Å². The third-order valence-corrected chi connectivity index (χ3v) is 3.59. The predicted octanol–water partition coefficient (Wildman–Crippen LogP) is 1.38. The fourth-order valence-corrected chi connectivity index (χ4v) is 2.63. The van der Waals surface area contributed by atoms with Gasteiger partial charge in [-0.2, -0.15) is 0 Å². The second-order valence-electron chi connectivity index (χ2n) is 5.75. The maximum atomic E-state index is 5.97. The highest BCUT2D eigenvalue weighted by atomic mass is 16.0. The Balaban J connectivity index is 0. The lowest BCUT2D eigenvalue weighted by Crippen LogP contribution is -2.37. The van der Waals surface area contributed by atoms with E-state index in [1.165, 1.54) is 37.7 Å². The molecular weight excluding hydrogens is 252 g/mol. The molecule has 0 aromatic heterocycles. The molecule has 1 aromatic carbocycles. The molecule has 6 N–H and O–H groups in total. The monoisotopic (exact) mass is 284 g/mol. The van der Waals surface area contributed by atoms with Gasteiger partial charge in [0.1, 0.15) is 0 Å². The third kappa shape index (κ3) is 6.48. The highest BCUT2D eigenvalue weighted by molar-refractivity contribution is 5.26. The van der Waals surface area contributed by atoms with Gasteiger partial charge in [-0.25, -0.2) is 0 Å². The highest BCUT2D eigenvalue weighted by Crippen LogP contribution is 2.38. The Bertz CT molecular complexity index is 320. The fourth-order valence-electron chi connectivity index (χ4n) is 2.63. The molecule has 0 spiro atoms. The van der Waals surface area contributed by atoms with Crippen molar-refractivity contribution in [2.75, 3.05) is 27.7 Å². The van der Waals surface area contributed by atoms with Crippen LogP contribution in [0.2, 0.25) is 0 Å². The second kappa shape index (κ2) is 10.8. The summed E-state index contributed by atoms with van der Waals surface area (Å²) < 4.78 is 0. The summed E-state index contributed by atoms with van der Waals surface area (Å²) in [5.41, 5.74) is 7.71. The number of nitrogens with zero attached hydrogens (tertiary/aromatic N) is 1. The molecule has 1 aliphatic rings. The zero-order valence-electron chi connectivity index (χ0n) is 13.2. The first-order chi connectivity index (χ1) is 8.60. The molecule has 20 heavy (non-hydrogen) atoms. The van der Waals surface area contributed by atoms with Crippen LogP contribution in [-0.4, -0.2) is 43.5 Å². The van der Waals surface area contributed by atoms with Gasteiger partial charge in [-0.05, 0) is 39.5 Å². The number of hydrogen-bond donors (Lipinski definition) is 1. The van der Waals surface area contributed by atoms with E-state index in [1.807, 2.05) is 26.0 Å². The van der Waals surface area contributed by atoms with Gasteiger partial charge in [0.05, 0.1) is 0 Å². The van der Waals surface area contributed by atoms with Crippen molar-refractivity contribution in [3.05, 3.63) is 35.9 Å². The maximum absolute atomic E-state index is 5.97. The first kappa shape index (κ1) is 21.4. The van der Waals surface area contributed by atoms with E-state index < -0.39 is 0 Å². The minimum Gasteiger partial charge on any atom is -0.412 e. The maximum Gasteiger partial charge on any atom is 0.00755 e. The largest absolute Gasteiger partial charge is 0.412 e. The van der Waals surface area contributed by atoms with E-state index in [-0.39, 0.29) is 11.0 Å². The van der Waals surface area contributed by atoms with Gasteiger partial charge in [-0.15, -0.1) is 0 Å². The molecule has 0 atom stereocenters. The van der Waals surface area contributed by atoms with Crippen LogP contribution in [0.4, 0.5) is 0 Å². The normalized spacial score (nSPS) is 16.2. The van der Waals surface area contributed by atoms with Crippen molar-refractivity contribution in [1.82, 2.24) is 4.90 Å². The number of rotatable bonds is 2. The summed E-state index contributed by atoms with van der Waals surface area (Å²) in [6.45, 7) is 0.803. The first-order valence-electron chi connectivity index (χ1n) is 6.97. The minimum atomic E-state index is 0. The Morgan fingerprint density at radius 2 is 1.40 bits per heavy atom. The van der Waals surface area contributed by atoms with Crippen LogP contribution in [0.1, 0.15) is 37.7 Å². The lowest BCUT2D eigenvalue weighted by molar-refractivity contribution is 0.301. The molecule has 1 aromatic rings. The van der Waals surface area contributed by atoms with Crippen molar-refractivity contribution in [3.8, 4) is 0 Å². The zero-order chi connectivity index (χ0) is 13.4. The molecule has 0 radical (unpaired) electrons. The molecule has 4 heteroatoms. The molecule has 0 unspecified atom stereocenters. The Hall–Kier alpha value is -0.940. The lowest BCUT2D eigenvalue weighted by atomic mass is 9.69. The van der Waals surface area contributed by atoms with Crippen molar-refractivity contribution in [3.63, 3.8) is 0 Å². The molecule has 118 valence electrons. The molecule has 1 saturated carbocycles. The van der Waals surface area contributed by atoms with Crippen LogP contribution in [0.15, 0.2) is 30.3 Å². The average molecular weight is 284 g/mol. The third-order valence-electron chi connectivity index (χ3n) is 3.59. The smallest absolute Gasteiger partial charge is 0.00755 e. The van der Waals surface area contributed by atoms with E-state index in [9.17, 15) is 0 Å². The lowest BCUT2D eigenvalue weighted by Gasteiger charge is -2.36. The molecule has 1 fully saturated rings. The minimum absolute atomic E-state index is 0. The summed E-state index contributed by atoms with van der Waals surface area (Å²) in [6, 6.07) is 10.8. The first-order valence-corrected chi connectivity index (χ1v) is 6.97. The van der Waals surface area contributed by atoms with Crippen molar-refractivity contribution in [2.24, 2.45) is 5.73 Å². The van der Waals surface area contributed by atoms with Gasteiger partial charge in [-0.3, -0.25) is 0 Å². The van der Waals surface area contributed by atoms with Gasteiger partial charge in [0.25, 0.3) is 0 Å². The van der Waals surface area contributed by atoms with Gasteiger partial charge < -0.3 is 21.6 Å². The van der Waals surface area contributed by atoms with Gasteiger partial charge in [-0.1, -0.05) is 49.6 Å². The molecule has 0 saturated heterocycles. The van der Waals surface area contributed by atoms with E-state index in [0.29, 0.717) is 5.41 Å². The van der Waals surface area contributed by atoms with Crippen LogP contribution in [-0.2, 0) is 5.41 Å². The quantitative estimate of drug-likeness (QED) is 0.888. The molecule has 4 nitrogen and oxygen atoms in total. The van der Waals surface area contributed by atoms with Crippen molar-refractivity contribution in [2.45, 2.75) is 37.5 Å². The Kier molecular flexibility index (Phi) is 11.5. The molecule has 2 rings (SSSR count). The number of benzene rings is 1.